The highest BCUT2D eigenvalue weighted by Gasteiger charge is 2.34. The number of hydrogen-bond acceptors (Lipinski definition) is 6. The molecule has 1 aromatic rings. The Bertz CT molecular complexity index is 571. The molecule has 3 heterocycles. The summed E-state index contributed by atoms with van der Waals surface area (Å²) in [6.45, 7) is 5.98. The zero-order valence-electron chi connectivity index (χ0n) is 12.9. The van der Waals surface area contributed by atoms with Gasteiger partial charge in [-0.1, -0.05) is 19.0 Å². The van der Waals surface area contributed by atoms with E-state index in [0.29, 0.717) is 24.8 Å². The van der Waals surface area contributed by atoms with Crippen LogP contribution >= 0.6 is 0 Å². The van der Waals surface area contributed by atoms with Crippen molar-refractivity contribution < 1.29 is 14.1 Å². The molecule has 0 radical (unpaired) electrons. The van der Waals surface area contributed by atoms with E-state index in [2.05, 4.69) is 15.5 Å². The number of hydrogen-bond donors (Lipinski definition) is 1. The number of nitrogens with one attached hydrogen (secondary N) is 1. The molecule has 22 heavy (non-hydrogen) atoms. The summed E-state index contributed by atoms with van der Waals surface area (Å²) in [5.41, 5.74) is 0. The largest absolute Gasteiger partial charge is 0.339 e. The van der Waals surface area contributed by atoms with Gasteiger partial charge in [0.1, 0.15) is 0 Å². The van der Waals surface area contributed by atoms with Crippen LogP contribution in [0.15, 0.2) is 4.52 Å². The minimum Gasteiger partial charge on any atom is -0.339 e. The maximum absolute atomic E-state index is 12.3. The highest BCUT2D eigenvalue weighted by molar-refractivity contribution is 5.96. The SMILES string of the molecule is CC(C)c1nc(C2CCCN2CC(=O)N2CCNC2=O)no1. The first kappa shape index (κ1) is 15.0. The van der Waals surface area contributed by atoms with E-state index in [1.54, 1.807) is 0 Å². The second-order valence-corrected chi connectivity index (χ2v) is 6.05. The van der Waals surface area contributed by atoms with Crippen LogP contribution in [0.5, 0.6) is 0 Å². The minimum absolute atomic E-state index is 0.00846. The average molecular weight is 307 g/mol. The lowest BCUT2D eigenvalue weighted by Gasteiger charge is -2.23. The number of amides is 3. The monoisotopic (exact) mass is 307 g/mol. The van der Waals surface area contributed by atoms with Crippen LogP contribution in [0.1, 0.15) is 50.4 Å². The molecule has 0 spiro atoms. The molecule has 0 aliphatic carbocycles. The Morgan fingerprint density at radius 1 is 1.45 bits per heavy atom. The molecular weight excluding hydrogens is 286 g/mol. The van der Waals surface area contributed by atoms with Crippen molar-refractivity contribution in [1.29, 1.82) is 0 Å². The van der Waals surface area contributed by atoms with E-state index in [-0.39, 0.29) is 30.4 Å². The Labute approximate surface area is 128 Å². The molecule has 2 aliphatic heterocycles. The molecule has 2 aliphatic rings. The van der Waals surface area contributed by atoms with Gasteiger partial charge in [0.15, 0.2) is 5.82 Å². The van der Waals surface area contributed by atoms with Gasteiger partial charge in [-0.2, -0.15) is 4.98 Å². The summed E-state index contributed by atoms with van der Waals surface area (Å²) in [6.07, 6.45) is 1.88. The van der Waals surface area contributed by atoms with Crippen molar-refractivity contribution in [3.63, 3.8) is 0 Å². The van der Waals surface area contributed by atoms with E-state index < -0.39 is 0 Å². The average Bonchev–Trinajstić information content (AvgIpc) is 3.17. The van der Waals surface area contributed by atoms with Crippen LogP contribution in [0.4, 0.5) is 4.79 Å². The van der Waals surface area contributed by atoms with Crippen molar-refractivity contribution in [1.82, 2.24) is 25.3 Å². The highest BCUT2D eigenvalue weighted by Crippen LogP contribution is 2.30. The molecule has 8 heteroatoms. The quantitative estimate of drug-likeness (QED) is 0.888. The van der Waals surface area contributed by atoms with Gasteiger partial charge in [-0.15, -0.1) is 0 Å². The molecule has 3 amide bonds. The Morgan fingerprint density at radius 3 is 2.91 bits per heavy atom. The molecule has 3 rings (SSSR count). The van der Waals surface area contributed by atoms with Gasteiger partial charge >= 0.3 is 6.03 Å². The molecule has 1 atom stereocenters. The molecule has 1 aromatic heterocycles. The van der Waals surface area contributed by atoms with E-state index >= 15 is 0 Å². The normalized spacial score (nSPS) is 22.6. The third-order valence-corrected chi connectivity index (χ3v) is 4.11. The number of carbonyl (C=O) groups is 2. The van der Waals surface area contributed by atoms with E-state index in [1.165, 1.54) is 4.90 Å². The first-order valence-electron chi connectivity index (χ1n) is 7.72. The zero-order chi connectivity index (χ0) is 15.7. The van der Waals surface area contributed by atoms with E-state index in [0.717, 1.165) is 19.4 Å². The van der Waals surface area contributed by atoms with Crippen molar-refractivity contribution in [3.05, 3.63) is 11.7 Å². The fourth-order valence-electron chi connectivity index (χ4n) is 2.89. The Kier molecular flexibility index (Phi) is 4.10. The summed E-state index contributed by atoms with van der Waals surface area (Å²) in [7, 11) is 0. The summed E-state index contributed by atoms with van der Waals surface area (Å²) in [5.74, 6) is 1.27. The van der Waals surface area contributed by atoms with Crippen LogP contribution in [-0.4, -0.2) is 58.1 Å². The van der Waals surface area contributed by atoms with Crippen LogP contribution in [0.25, 0.3) is 0 Å². The van der Waals surface area contributed by atoms with Crippen molar-refractivity contribution in [3.8, 4) is 0 Å². The molecule has 0 bridgehead atoms. The summed E-state index contributed by atoms with van der Waals surface area (Å²) in [5, 5.41) is 6.70. The molecule has 2 saturated heterocycles. The number of urea groups is 1. The maximum atomic E-state index is 12.3. The first-order valence-corrected chi connectivity index (χ1v) is 7.72. The predicted molar refractivity (Wildman–Crippen MR) is 77.0 cm³/mol. The van der Waals surface area contributed by atoms with E-state index in [4.69, 9.17) is 4.52 Å². The van der Waals surface area contributed by atoms with Gasteiger partial charge < -0.3 is 9.84 Å². The van der Waals surface area contributed by atoms with Crippen molar-refractivity contribution >= 4 is 11.9 Å². The maximum Gasteiger partial charge on any atom is 0.324 e. The van der Waals surface area contributed by atoms with Gasteiger partial charge in [0, 0.05) is 19.0 Å². The fraction of sp³-hybridized carbons (Fsp3) is 0.714. The topological polar surface area (TPSA) is 91.6 Å². The van der Waals surface area contributed by atoms with Gasteiger partial charge in [0.05, 0.1) is 12.6 Å². The Balaban J connectivity index is 1.67. The standard InChI is InChI=1S/C14H21N5O3/c1-9(2)13-16-12(17-22-13)10-4-3-6-18(10)8-11(20)19-7-5-15-14(19)21/h9-10H,3-8H2,1-2H3,(H,15,21). The number of likely N-dealkylation sites (tertiary alicyclic amines) is 1. The molecule has 1 N–H and O–H groups in total. The highest BCUT2D eigenvalue weighted by atomic mass is 16.5. The Morgan fingerprint density at radius 2 is 2.27 bits per heavy atom. The van der Waals surface area contributed by atoms with Gasteiger partial charge in [-0.3, -0.25) is 14.6 Å². The third-order valence-electron chi connectivity index (χ3n) is 4.11. The van der Waals surface area contributed by atoms with Gasteiger partial charge in [-0.25, -0.2) is 4.79 Å². The molecule has 2 fully saturated rings. The lowest BCUT2D eigenvalue weighted by atomic mass is 10.2. The predicted octanol–water partition coefficient (Wildman–Crippen LogP) is 0.882. The second kappa shape index (κ2) is 6.04. The molecular formula is C14H21N5O3. The van der Waals surface area contributed by atoms with Crippen LogP contribution < -0.4 is 5.32 Å². The first-order chi connectivity index (χ1) is 10.6. The van der Waals surface area contributed by atoms with Gasteiger partial charge in [0.2, 0.25) is 11.8 Å². The second-order valence-electron chi connectivity index (χ2n) is 6.05. The molecule has 1 unspecified atom stereocenters. The van der Waals surface area contributed by atoms with Crippen molar-refractivity contribution in [2.75, 3.05) is 26.2 Å². The number of aromatic nitrogens is 2. The summed E-state index contributed by atoms with van der Waals surface area (Å²) >= 11 is 0. The fourth-order valence-corrected chi connectivity index (χ4v) is 2.89. The number of imide groups is 1. The Hall–Kier alpha value is -1.96. The van der Waals surface area contributed by atoms with Crippen molar-refractivity contribution in [2.45, 2.75) is 38.6 Å². The van der Waals surface area contributed by atoms with Crippen LogP contribution in [0.2, 0.25) is 0 Å². The summed E-state index contributed by atoms with van der Waals surface area (Å²) in [6, 6.07) is -0.312. The number of rotatable bonds is 4. The minimum atomic E-state index is -0.303. The smallest absolute Gasteiger partial charge is 0.324 e. The third kappa shape index (κ3) is 2.83. The summed E-state index contributed by atoms with van der Waals surface area (Å²) in [4.78, 5) is 31.6. The van der Waals surface area contributed by atoms with E-state index in [9.17, 15) is 9.59 Å². The lowest BCUT2D eigenvalue weighted by Crippen LogP contribution is -2.41. The molecule has 120 valence electrons. The van der Waals surface area contributed by atoms with Gasteiger partial charge in [0.25, 0.3) is 0 Å². The molecule has 0 saturated carbocycles. The van der Waals surface area contributed by atoms with Crippen LogP contribution in [-0.2, 0) is 4.79 Å². The number of nitrogens with zero attached hydrogens (tertiary/aromatic N) is 4. The summed E-state index contributed by atoms with van der Waals surface area (Å²) < 4.78 is 5.26. The molecule has 0 aromatic carbocycles. The van der Waals surface area contributed by atoms with Crippen LogP contribution in [0, 0.1) is 0 Å². The zero-order valence-corrected chi connectivity index (χ0v) is 12.9. The van der Waals surface area contributed by atoms with Crippen molar-refractivity contribution in [2.24, 2.45) is 0 Å². The van der Waals surface area contributed by atoms with Crippen LogP contribution in [0.3, 0.4) is 0 Å². The van der Waals surface area contributed by atoms with Gasteiger partial charge in [-0.05, 0) is 19.4 Å². The number of carbonyl (C=O) groups excluding carboxylic acids is 2. The van der Waals surface area contributed by atoms with E-state index in [1.807, 2.05) is 18.7 Å². The molecule has 8 nitrogen and oxygen atoms in total. The lowest BCUT2D eigenvalue weighted by molar-refractivity contribution is -0.129.